The van der Waals surface area contributed by atoms with Gasteiger partial charge in [0.25, 0.3) is 0 Å². The first-order chi connectivity index (χ1) is 24.8. The van der Waals surface area contributed by atoms with Gasteiger partial charge in [0.05, 0.1) is 5.69 Å². The Kier molecular flexibility index (Phi) is 6.75. The van der Waals surface area contributed by atoms with Crippen molar-refractivity contribution < 1.29 is 0 Å². The van der Waals surface area contributed by atoms with Gasteiger partial charge in [-0.05, 0) is 109 Å². The molecule has 0 spiro atoms. The number of benzene rings is 9. The highest BCUT2D eigenvalue weighted by Gasteiger charge is 2.19. The van der Waals surface area contributed by atoms with Crippen molar-refractivity contribution in [3.05, 3.63) is 188 Å². The lowest BCUT2D eigenvalue weighted by Crippen LogP contribution is -2.10. The molecule has 50 heavy (non-hydrogen) atoms. The Morgan fingerprint density at radius 1 is 0.340 bits per heavy atom. The summed E-state index contributed by atoms with van der Waals surface area (Å²) >= 11 is 1.86. The van der Waals surface area contributed by atoms with Crippen molar-refractivity contribution in [1.82, 2.24) is 0 Å². The van der Waals surface area contributed by atoms with E-state index in [0.29, 0.717) is 0 Å². The van der Waals surface area contributed by atoms with E-state index in [4.69, 9.17) is 0 Å². The van der Waals surface area contributed by atoms with Crippen LogP contribution in [-0.4, -0.2) is 0 Å². The molecule has 10 rings (SSSR count). The van der Waals surface area contributed by atoms with Crippen molar-refractivity contribution in [3.8, 4) is 22.3 Å². The summed E-state index contributed by atoms with van der Waals surface area (Å²) in [5.41, 5.74) is 8.29. The average Bonchev–Trinajstić information content (AvgIpc) is 3.57. The van der Waals surface area contributed by atoms with Gasteiger partial charge in [0, 0.05) is 31.5 Å². The van der Waals surface area contributed by atoms with E-state index in [1.807, 2.05) is 11.3 Å². The fourth-order valence-corrected chi connectivity index (χ4v) is 8.77. The third kappa shape index (κ3) is 4.76. The van der Waals surface area contributed by atoms with Gasteiger partial charge in [0.1, 0.15) is 0 Å². The Labute approximate surface area is 294 Å². The SMILES string of the molecule is c1cc(-c2cc3ccccc3c3ccccc23)cc(N(c2ccc(-c3ccc4ccccc4c3)cc2)c2cccc3sc4ccccc4c23)c1. The molecule has 0 saturated carbocycles. The van der Waals surface area contributed by atoms with E-state index in [1.165, 1.54) is 80.4 Å². The zero-order chi connectivity index (χ0) is 33.0. The maximum atomic E-state index is 2.44. The molecule has 234 valence electrons. The first-order valence-corrected chi connectivity index (χ1v) is 17.9. The van der Waals surface area contributed by atoms with E-state index in [-0.39, 0.29) is 0 Å². The number of thiophene rings is 1. The summed E-state index contributed by atoms with van der Waals surface area (Å²) < 4.78 is 2.59. The molecule has 0 radical (unpaired) electrons. The highest BCUT2D eigenvalue weighted by atomic mass is 32.1. The lowest BCUT2D eigenvalue weighted by molar-refractivity contribution is 1.30. The molecular weight excluding hydrogens is 623 g/mol. The van der Waals surface area contributed by atoms with Crippen LogP contribution >= 0.6 is 11.3 Å². The monoisotopic (exact) mass is 653 g/mol. The van der Waals surface area contributed by atoms with Crippen molar-refractivity contribution in [1.29, 1.82) is 0 Å². The Morgan fingerprint density at radius 3 is 1.86 bits per heavy atom. The highest BCUT2D eigenvalue weighted by Crippen LogP contribution is 2.46. The van der Waals surface area contributed by atoms with E-state index in [1.54, 1.807) is 0 Å². The number of hydrogen-bond donors (Lipinski definition) is 0. The normalized spacial score (nSPS) is 11.6. The van der Waals surface area contributed by atoms with Crippen molar-refractivity contribution in [2.24, 2.45) is 0 Å². The lowest BCUT2D eigenvalue weighted by Gasteiger charge is -2.27. The van der Waals surface area contributed by atoms with Crippen LogP contribution < -0.4 is 4.90 Å². The highest BCUT2D eigenvalue weighted by molar-refractivity contribution is 7.26. The summed E-state index contributed by atoms with van der Waals surface area (Å²) in [4.78, 5) is 2.44. The summed E-state index contributed by atoms with van der Waals surface area (Å²) in [6.45, 7) is 0. The average molecular weight is 654 g/mol. The third-order valence-corrected chi connectivity index (χ3v) is 11.1. The molecule has 0 bridgehead atoms. The Morgan fingerprint density at radius 2 is 1.00 bits per heavy atom. The molecule has 1 aromatic heterocycles. The van der Waals surface area contributed by atoms with Crippen LogP contribution in [0.4, 0.5) is 17.1 Å². The molecule has 0 saturated heterocycles. The van der Waals surface area contributed by atoms with E-state index in [0.717, 1.165) is 11.4 Å². The van der Waals surface area contributed by atoms with E-state index in [9.17, 15) is 0 Å². The zero-order valence-corrected chi connectivity index (χ0v) is 28.1. The third-order valence-electron chi connectivity index (χ3n) is 10.0. The van der Waals surface area contributed by atoms with Crippen molar-refractivity contribution >= 4 is 80.9 Å². The maximum Gasteiger partial charge on any atom is 0.0554 e. The summed E-state index contributed by atoms with van der Waals surface area (Å²) in [5, 5.41) is 10.2. The van der Waals surface area contributed by atoms with Crippen LogP contribution in [0, 0.1) is 0 Å². The molecule has 0 aliphatic heterocycles. The molecule has 0 N–H and O–H groups in total. The molecule has 0 aliphatic carbocycles. The van der Waals surface area contributed by atoms with Gasteiger partial charge < -0.3 is 4.90 Å². The zero-order valence-electron chi connectivity index (χ0n) is 27.3. The predicted octanol–water partition coefficient (Wildman–Crippen LogP) is 14.3. The summed E-state index contributed by atoms with van der Waals surface area (Å²) in [6.07, 6.45) is 0. The first kappa shape index (κ1) is 28.8. The number of hydrogen-bond acceptors (Lipinski definition) is 2. The maximum absolute atomic E-state index is 2.44. The molecule has 2 heteroatoms. The van der Waals surface area contributed by atoms with Gasteiger partial charge in [0.2, 0.25) is 0 Å². The van der Waals surface area contributed by atoms with E-state index in [2.05, 4.69) is 193 Å². The van der Waals surface area contributed by atoms with Gasteiger partial charge in [0.15, 0.2) is 0 Å². The van der Waals surface area contributed by atoms with Crippen LogP contribution in [0.2, 0.25) is 0 Å². The largest absolute Gasteiger partial charge is 0.310 e. The van der Waals surface area contributed by atoms with Crippen LogP contribution in [0.25, 0.3) is 74.7 Å². The molecule has 0 unspecified atom stereocenters. The summed E-state index contributed by atoms with van der Waals surface area (Å²) in [7, 11) is 0. The van der Waals surface area contributed by atoms with Gasteiger partial charge in [-0.2, -0.15) is 0 Å². The summed E-state index contributed by atoms with van der Waals surface area (Å²) in [6, 6.07) is 68.8. The number of rotatable bonds is 5. The van der Waals surface area contributed by atoms with E-state index < -0.39 is 0 Å². The fourth-order valence-electron chi connectivity index (χ4n) is 7.65. The molecule has 1 nitrogen and oxygen atoms in total. The first-order valence-electron chi connectivity index (χ1n) is 17.1. The smallest absolute Gasteiger partial charge is 0.0554 e. The van der Waals surface area contributed by atoms with Crippen LogP contribution in [0.3, 0.4) is 0 Å². The molecule has 0 aliphatic rings. The van der Waals surface area contributed by atoms with Crippen LogP contribution in [0.15, 0.2) is 188 Å². The van der Waals surface area contributed by atoms with Gasteiger partial charge in [-0.15, -0.1) is 11.3 Å². The van der Waals surface area contributed by atoms with Crippen LogP contribution in [0.1, 0.15) is 0 Å². The van der Waals surface area contributed by atoms with Gasteiger partial charge >= 0.3 is 0 Å². The van der Waals surface area contributed by atoms with Crippen molar-refractivity contribution in [2.45, 2.75) is 0 Å². The second-order valence-corrected chi connectivity index (χ2v) is 14.0. The van der Waals surface area contributed by atoms with E-state index >= 15 is 0 Å². The molecular formula is C48H31NS. The van der Waals surface area contributed by atoms with Gasteiger partial charge in [-0.25, -0.2) is 0 Å². The molecule has 0 atom stereocenters. The van der Waals surface area contributed by atoms with Gasteiger partial charge in [-0.1, -0.05) is 133 Å². The Bertz CT molecular complexity index is 2880. The standard InChI is InChI=1S/C48H31NS/c1-2-12-34-29-35(24-23-32(34)11-1)33-25-27-38(28-26-33)49(45-20-10-22-47-48(45)43-19-7-8-21-46(43)50-47)39-15-9-14-36(30-39)44-31-37-13-3-4-16-40(37)41-17-5-6-18-42(41)44/h1-31H. The Balaban J connectivity index is 1.17. The van der Waals surface area contributed by atoms with Crippen molar-refractivity contribution in [3.63, 3.8) is 0 Å². The number of anilines is 3. The molecule has 9 aromatic carbocycles. The second-order valence-electron chi connectivity index (χ2n) is 12.9. The molecule has 0 amide bonds. The van der Waals surface area contributed by atoms with Crippen molar-refractivity contribution in [2.75, 3.05) is 4.90 Å². The summed E-state index contributed by atoms with van der Waals surface area (Å²) in [5.74, 6) is 0. The Hall–Kier alpha value is -6.22. The molecule has 0 fully saturated rings. The van der Waals surface area contributed by atoms with Crippen LogP contribution in [0.5, 0.6) is 0 Å². The fraction of sp³-hybridized carbons (Fsp3) is 0. The predicted molar refractivity (Wildman–Crippen MR) is 217 cm³/mol. The quantitative estimate of drug-likeness (QED) is 0.167. The molecule has 1 heterocycles. The number of nitrogens with zero attached hydrogens (tertiary/aromatic N) is 1. The minimum absolute atomic E-state index is 1.12. The minimum atomic E-state index is 1.12. The topological polar surface area (TPSA) is 3.24 Å². The lowest BCUT2D eigenvalue weighted by atomic mass is 9.93. The van der Waals surface area contributed by atoms with Crippen LogP contribution in [-0.2, 0) is 0 Å². The molecule has 10 aromatic rings. The number of fused-ring (bicyclic) bond motifs is 7. The minimum Gasteiger partial charge on any atom is -0.310 e. The van der Waals surface area contributed by atoms with Gasteiger partial charge in [-0.3, -0.25) is 0 Å². The second kappa shape index (κ2) is 11.7.